The zero-order valence-electron chi connectivity index (χ0n) is 18.1. The number of carbonyl (C=O) groups is 2. The van der Waals surface area contributed by atoms with Crippen molar-refractivity contribution in [1.29, 1.82) is 0 Å². The van der Waals surface area contributed by atoms with Crippen molar-refractivity contribution in [2.24, 2.45) is 0 Å². The largest absolute Gasteiger partial charge is 0.345 e. The van der Waals surface area contributed by atoms with Crippen LogP contribution in [0.3, 0.4) is 0 Å². The van der Waals surface area contributed by atoms with Gasteiger partial charge in [-0.15, -0.1) is 11.8 Å². The molecule has 3 aromatic rings. The molecule has 0 saturated heterocycles. The van der Waals surface area contributed by atoms with Gasteiger partial charge < -0.3 is 10.6 Å². The van der Waals surface area contributed by atoms with Crippen LogP contribution in [-0.2, 0) is 10.5 Å². The van der Waals surface area contributed by atoms with Crippen LogP contribution < -0.4 is 10.6 Å². The van der Waals surface area contributed by atoms with Crippen molar-refractivity contribution in [3.63, 3.8) is 0 Å². The fourth-order valence-electron chi connectivity index (χ4n) is 3.49. The van der Waals surface area contributed by atoms with Crippen molar-refractivity contribution in [3.05, 3.63) is 101 Å². The summed E-state index contributed by atoms with van der Waals surface area (Å²) >= 11 is 1.56. The molecule has 2 N–H and O–H groups in total. The first kappa shape index (κ1) is 22.6. The van der Waals surface area contributed by atoms with Crippen molar-refractivity contribution in [2.45, 2.75) is 32.6 Å². The van der Waals surface area contributed by atoms with Gasteiger partial charge in [-0.3, -0.25) is 9.59 Å². The van der Waals surface area contributed by atoms with E-state index in [0.717, 1.165) is 11.3 Å². The van der Waals surface area contributed by atoms with Crippen molar-refractivity contribution in [1.82, 2.24) is 5.32 Å². The molecule has 3 aromatic carbocycles. The topological polar surface area (TPSA) is 58.2 Å². The summed E-state index contributed by atoms with van der Waals surface area (Å²) in [6, 6.07) is 23.2. The Morgan fingerprint density at radius 3 is 2.26 bits per heavy atom. The summed E-state index contributed by atoms with van der Waals surface area (Å²) in [6.07, 6.45) is 0. The molecule has 0 aliphatic rings. The lowest BCUT2D eigenvalue weighted by Crippen LogP contribution is -2.28. The molecule has 0 radical (unpaired) electrons. The maximum absolute atomic E-state index is 12.8. The Hall–Kier alpha value is -3.05. The Bertz CT molecular complexity index is 1030. The average Bonchev–Trinajstić information content (AvgIpc) is 2.74. The van der Waals surface area contributed by atoms with E-state index in [-0.39, 0.29) is 17.9 Å². The highest BCUT2D eigenvalue weighted by Gasteiger charge is 2.16. The molecule has 0 unspecified atom stereocenters. The number of para-hydroxylation sites is 1. The summed E-state index contributed by atoms with van der Waals surface area (Å²) in [5.74, 6) is 0.761. The Labute approximate surface area is 188 Å². The van der Waals surface area contributed by atoms with Gasteiger partial charge in [0, 0.05) is 5.75 Å². The molecule has 4 nitrogen and oxygen atoms in total. The molecule has 5 heteroatoms. The van der Waals surface area contributed by atoms with Crippen molar-refractivity contribution in [2.75, 3.05) is 11.1 Å². The third-order valence-electron chi connectivity index (χ3n) is 4.88. The smallest absolute Gasteiger partial charge is 0.253 e. The summed E-state index contributed by atoms with van der Waals surface area (Å²) in [5.41, 5.74) is 5.68. The van der Waals surface area contributed by atoms with E-state index in [2.05, 4.69) is 42.7 Å². The summed E-state index contributed by atoms with van der Waals surface area (Å²) in [4.78, 5) is 25.3. The van der Waals surface area contributed by atoms with Crippen LogP contribution in [-0.4, -0.2) is 17.6 Å². The maximum Gasteiger partial charge on any atom is 0.253 e. The molecule has 0 aliphatic carbocycles. The average molecular weight is 433 g/mol. The molecular weight excluding hydrogens is 404 g/mol. The minimum atomic E-state index is -0.213. The summed E-state index contributed by atoms with van der Waals surface area (Å²) in [7, 11) is 0. The van der Waals surface area contributed by atoms with Crippen LogP contribution in [0, 0.1) is 13.8 Å². The predicted molar refractivity (Wildman–Crippen MR) is 129 cm³/mol. The number of amides is 2. The van der Waals surface area contributed by atoms with E-state index in [1.807, 2.05) is 43.3 Å². The van der Waals surface area contributed by atoms with E-state index >= 15 is 0 Å². The fourth-order valence-corrected chi connectivity index (χ4v) is 4.25. The van der Waals surface area contributed by atoms with Gasteiger partial charge in [0.1, 0.15) is 0 Å². The van der Waals surface area contributed by atoms with E-state index < -0.39 is 0 Å². The summed E-state index contributed by atoms with van der Waals surface area (Å²) in [6.45, 7) is 6.10. The minimum Gasteiger partial charge on any atom is -0.345 e. The molecule has 0 aliphatic heterocycles. The van der Waals surface area contributed by atoms with Gasteiger partial charge in [0.05, 0.1) is 23.0 Å². The number of carbonyl (C=O) groups excluding carboxylic acids is 2. The molecule has 0 fully saturated rings. The Morgan fingerprint density at radius 1 is 0.903 bits per heavy atom. The third kappa shape index (κ3) is 6.72. The van der Waals surface area contributed by atoms with Crippen LogP contribution in [0.2, 0.25) is 0 Å². The second kappa shape index (κ2) is 10.8. The van der Waals surface area contributed by atoms with Crippen molar-refractivity contribution in [3.8, 4) is 0 Å². The van der Waals surface area contributed by atoms with E-state index in [4.69, 9.17) is 0 Å². The van der Waals surface area contributed by atoms with Crippen molar-refractivity contribution < 1.29 is 9.59 Å². The van der Waals surface area contributed by atoms with Gasteiger partial charge in [0.15, 0.2) is 0 Å². The Morgan fingerprint density at radius 2 is 1.55 bits per heavy atom. The Balaban J connectivity index is 1.58. The molecule has 0 heterocycles. The molecular formula is C26H28N2O2S. The van der Waals surface area contributed by atoms with Gasteiger partial charge in [0.25, 0.3) is 5.91 Å². The number of aryl methyl sites for hydroxylation is 2. The maximum atomic E-state index is 12.8. The van der Waals surface area contributed by atoms with Gasteiger partial charge in [0.2, 0.25) is 5.91 Å². The number of hydrogen-bond donors (Lipinski definition) is 2. The molecule has 0 aromatic heterocycles. The van der Waals surface area contributed by atoms with E-state index in [0.29, 0.717) is 17.0 Å². The van der Waals surface area contributed by atoms with Gasteiger partial charge in [-0.1, -0.05) is 71.8 Å². The molecule has 0 bridgehead atoms. The lowest BCUT2D eigenvalue weighted by molar-refractivity contribution is -0.113. The molecule has 1 atom stereocenters. The van der Waals surface area contributed by atoms with Gasteiger partial charge in [-0.25, -0.2) is 0 Å². The molecule has 0 saturated carbocycles. The zero-order chi connectivity index (χ0) is 22.2. The molecule has 160 valence electrons. The van der Waals surface area contributed by atoms with Gasteiger partial charge >= 0.3 is 0 Å². The second-order valence-electron chi connectivity index (χ2n) is 7.69. The SMILES string of the molecule is Cc1cc(C)cc(CSCC(=O)Nc2ccccc2C(=O)N[C@H](C)c2ccccc2)c1. The first-order valence-electron chi connectivity index (χ1n) is 10.3. The Kier molecular flexibility index (Phi) is 7.90. The zero-order valence-corrected chi connectivity index (χ0v) is 19.0. The van der Waals surface area contributed by atoms with Crippen LogP contribution in [0.4, 0.5) is 5.69 Å². The fraction of sp³-hybridized carbons (Fsp3) is 0.231. The lowest BCUT2D eigenvalue weighted by Gasteiger charge is -2.16. The number of anilines is 1. The normalized spacial score (nSPS) is 11.6. The summed E-state index contributed by atoms with van der Waals surface area (Å²) in [5, 5.41) is 5.90. The highest BCUT2D eigenvalue weighted by atomic mass is 32.2. The first-order valence-corrected chi connectivity index (χ1v) is 11.5. The quantitative estimate of drug-likeness (QED) is 0.482. The number of thioether (sulfide) groups is 1. The van der Waals surface area contributed by atoms with Crippen LogP contribution in [0.1, 0.15) is 45.6 Å². The summed E-state index contributed by atoms with van der Waals surface area (Å²) < 4.78 is 0. The number of benzene rings is 3. The monoisotopic (exact) mass is 432 g/mol. The van der Waals surface area contributed by atoms with Crippen LogP contribution in [0.15, 0.2) is 72.8 Å². The van der Waals surface area contributed by atoms with E-state index in [1.54, 1.807) is 30.0 Å². The lowest BCUT2D eigenvalue weighted by atomic mass is 10.1. The highest BCUT2D eigenvalue weighted by Crippen LogP contribution is 2.20. The molecule has 31 heavy (non-hydrogen) atoms. The minimum absolute atomic E-state index is 0.120. The second-order valence-corrected chi connectivity index (χ2v) is 8.67. The standard InChI is InChI=1S/C26H28N2O2S/c1-18-13-19(2)15-21(14-18)16-31-17-25(29)28-24-12-8-7-11-23(24)26(30)27-20(3)22-9-5-4-6-10-22/h4-15,20H,16-17H2,1-3H3,(H,27,30)(H,28,29)/t20-/m1/s1. The number of rotatable bonds is 8. The molecule has 3 rings (SSSR count). The van der Waals surface area contributed by atoms with Crippen LogP contribution >= 0.6 is 11.8 Å². The van der Waals surface area contributed by atoms with Crippen LogP contribution in [0.5, 0.6) is 0 Å². The highest BCUT2D eigenvalue weighted by molar-refractivity contribution is 7.99. The van der Waals surface area contributed by atoms with Gasteiger partial charge in [-0.05, 0) is 44.0 Å². The van der Waals surface area contributed by atoms with Crippen LogP contribution in [0.25, 0.3) is 0 Å². The third-order valence-corrected chi connectivity index (χ3v) is 5.88. The van der Waals surface area contributed by atoms with E-state index in [1.165, 1.54) is 16.7 Å². The first-order chi connectivity index (χ1) is 14.9. The van der Waals surface area contributed by atoms with Crippen molar-refractivity contribution >= 4 is 29.3 Å². The number of hydrogen-bond acceptors (Lipinski definition) is 3. The molecule has 0 spiro atoms. The van der Waals surface area contributed by atoms with Gasteiger partial charge in [-0.2, -0.15) is 0 Å². The molecule has 2 amide bonds. The van der Waals surface area contributed by atoms with E-state index in [9.17, 15) is 9.59 Å². The number of nitrogens with one attached hydrogen (secondary N) is 2. The predicted octanol–water partition coefficient (Wildman–Crippen LogP) is 5.67.